The number of aliphatic hydroxyl groups excluding tert-OH is 1. The summed E-state index contributed by atoms with van der Waals surface area (Å²) in [6.07, 6.45) is 17.1. The Morgan fingerprint density at radius 2 is 1.54 bits per heavy atom. The van der Waals surface area contributed by atoms with E-state index in [1.807, 2.05) is 0 Å². The molecule has 2 unspecified atom stereocenters. The van der Waals surface area contributed by atoms with E-state index in [1.54, 1.807) is 0 Å². The molecule has 0 radical (unpaired) electrons. The lowest BCUT2D eigenvalue weighted by Gasteiger charge is -2.21. The average molecular weight is 395 g/mol. The molecule has 0 bridgehead atoms. The van der Waals surface area contributed by atoms with Crippen LogP contribution >= 0.6 is 0 Å². The van der Waals surface area contributed by atoms with Crippen LogP contribution in [0.25, 0.3) is 0 Å². The third kappa shape index (κ3) is 9.86. The Hall–Kier alpha value is -1.16. The van der Waals surface area contributed by atoms with Crippen LogP contribution in [0.15, 0.2) is 11.6 Å². The maximum Gasteiger partial charge on any atom is 0.372 e. The normalized spacial score (nSPS) is 21.3. The molecule has 0 saturated heterocycles. The van der Waals surface area contributed by atoms with Gasteiger partial charge in [-0.25, -0.2) is 4.79 Å². The van der Waals surface area contributed by atoms with Gasteiger partial charge in [0.05, 0.1) is 12.0 Å². The van der Waals surface area contributed by atoms with Crippen molar-refractivity contribution in [1.29, 1.82) is 0 Å². The number of hydrogen-bond donors (Lipinski definition) is 2. The van der Waals surface area contributed by atoms with Crippen LogP contribution in [0.2, 0.25) is 0 Å². The quantitative estimate of drug-likeness (QED) is 0.205. The van der Waals surface area contributed by atoms with E-state index >= 15 is 0 Å². The minimum absolute atomic E-state index is 0.523. The van der Waals surface area contributed by atoms with E-state index in [4.69, 9.17) is 5.11 Å². The molecular formula is C24H42O4. The van der Waals surface area contributed by atoms with Crippen molar-refractivity contribution in [1.82, 2.24) is 0 Å². The van der Waals surface area contributed by atoms with Crippen LogP contribution in [0, 0.1) is 17.8 Å². The summed E-state index contributed by atoms with van der Waals surface area (Å²) in [6, 6.07) is 0. The number of Topliss-reactive ketones (excluding diaryl/α,β-unsaturated/α-hetero) is 1. The molecule has 1 fully saturated rings. The number of allylic oxidation sites excluding steroid dienone is 2. The molecule has 4 atom stereocenters. The van der Waals surface area contributed by atoms with Crippen molar-refractivity contribution in [3.63, 3.8) is 0 Å². The first-order chi connectivity index (χ1) is 13.3. The number of carboxylic acids is 1. The molecule has 0 heterocycles. The highest BCUT2D eigenvalue weighted by Crippen LogP contribution is 2.38. The van der Waals surface area contributed by atoms with E-state index in [1.165, 1.54) is 76.7 Å². The van der Waals surface area contributed by atoms with Gasteiger partial charge in [0.1, 0.15) is 0 Å². The molecule has 162 valence electrons. The first-order valence-electron chi connectivity index (χ1n) is 11.4. The van der Waals surface area contributed by atoms with Crippen LogP contribution < -0.4 is 0 Å². The lowest BCUT2D eigenvalue weighted by molar-refractivity contribution is -0.152. The third-order valence-corrected chi connectivity index (χ3v) is 6.42. The van der Waals surface area contributed by atoms with E-state index in [-0.39, 0.29) is 0 Å². The van der Waals surface area contributed by atoms with Crippen molar-refractivity contribution in [2.75, 3.05) is 0 Å². The minimum Gasteiger partial charge on any atom is -0.475 e. The van der Waals surface area contributed by atoms with Gasteiger partial charge in [0.25, 0.3) is 0 Å². The summed E-state index contributed by atoms with van der Waals surface area (Å²) in [5.74, 6) is -1.57. The highest BCUT2D eigenvalue weighted by Gasteiger charge is 2.29. The Bertz CT molecular complexity index is 493. The van der Waals surface area contributed by atoms with Crippen molar-refractivity contribution in [3.05, 3.63) is 11.6 Å². The summed E-state index contributed by atoms with van der Waals surface area (Å²) in [5.41, 5.74) is 1.42. The van der Waals surface area contributed by atoms with Crippen LogP contribution in [0.1, 0.15) is 104 Å². The number of carbonyl (C=O) groups excluding carboxylic acids is 1. The molecule has 0 aliphatic heterocycles. The van der Waals surface area contributed by atoms with Crippen molar-refractivity contribution in [3.8, 4) is 0 Å². The van der Waals surface area contributed by atoms with Gasteiger partial charge in [-0.1, -0.05) is 82.8 Å². The molecule has 1 rings (SSSR count). The second-order valence-electron chi connectivity index (χ2n) is 9.03. The van der Waals surface area contributed by atoms with Crippen molar-refractivity contribution in [2.45, 2.75) is 110 Å². The molecule has 28 heavy (non-hydrogen) atoms. The summed E-state index contributed by atoms with van der Waals surface area (Å²) < 4.78 is 0. The SMILES string of the molecule is CC(C)=CCCCCCCC[C@H]1CCC[C@@H]1CCCC(O)C(C)C(=O)C(=O)O. The van der Waals surface area contributed by atoms with Gasteiger partial charge in [-0.05, 0) is 44.9 Å². The molecule has 0 spiro atoms. The topological polar surface area (TPSA) is 74.6 Å². The largest absolute Gasteiger partial charge is 0.475 e. The molecule has 1 aliphatic carbocycles. The first-order valence-corrected chi connectivity index (χ1v) is 11.4. The molecule has 4 heteroatoms. The van der Waals surface area contributed by atoms with Gasteiger partial charge in [-0.15, -0.1) is 0 Å². The van der Waals surface area contributed by atoms with E-state index in [2.05, 4.69) is 19.9 Å². The number of unbranched alkanes of at least 4 members (excludes halogenated alkanes) is 5. The number of carbonyl (C=O) groups is 2. The van der Waals surface area contributed by atoms with Crippen LogP contribution in [-0.4, -0.2) is 28.1 Å². The Kier molecular flexibility index (Phi) is 12.4. The number of aliphatic hydroxyl groups is 1. The van der Waals surface area contributed by atoms with Crippen molar-refractivity contribution >= 4 is 11.8 Å². The fourth-order valence-electron chi connectivity index (χ4n) is 4.55. The van der Waals surface area contributed by atoms with Crippen LogP contribution in [0.5, 0.6) is 0 Å². The zero-order valence-electron chi connectivity index (χ0n) is 18.3. The maximum atomic E-state index is 11.5. The number of ketones is 1. The zero-order valence-corrected chi connectivity index (χ0v) is 18.3. The highest BCUT2D eigenvalue weighted by molar-refractivity contribution is 6.33. The van der Waals surface area contributed by atoms with Gasteiger partial charge in [0, 0.05) is 0 Å². The lowest BCUT2D eigenvalue weighted by atomic mass is 9.85. The Morgan fingerprint density at radius 3 is 2.14 bits per heavy atom. The van der Waals surface area contributed by atoms with Crippen LogP contribution in [0.4, 0.5) is 0 Å². The summed E-state index contributed by atoms with van der Waals surface area (Å²) in [4.78, 5) is 22.2. The molecule has 1 saturated carbocycles. The number of carboxylic acid groups (broad SMARTS) is 1. The predicted molar refractivity (Wildman–Crippen MR) is 114 cm³/mol. The summed E-state index contributed by atoms with van der Waals surface area (Å²) >= 11 is 0. The van der Waals surface area contributed by atoms with Gasteiger partial charge in [0.15, 0.2) is 0 Å². The van der Waals surface area contributed by atoms with Gasteiger partial charge in [-0.3, -0.25) is 4.79 Å². The second kappa shape index (κ2) is 13.9. The van der Waals surface area contributed by atoms with Gasteiger partial charge in [0.2, 0.25) is 5.78 Å². The maximum absolute atomic E-state index is 11.5. The molecule has 0 amide bonds. The van der Waals surface area contributed by atoms with E-state index in [0.29, 0.717) is 6.42 Å². The molecule has 2 N–H and O–H groups in total. The minimum atomic E-state index is -1.45. The summed E-state index contributed by atoms with van der Waals surface area (Å²) in [6.45, 7) is 5.84. The molecule has 0 aromatic rings. The Morgan fingerprint density at radius 1 is 0.964 bits per heavy atom. The molecule has 0 aromatic heterocycles. The molecular weight excluding hydrogens is 352 g/mol. The smallest absolute Gasteiger partial charge is 0.372 e. The average Bonchev–Trinajstić information content (AvgIpc) is 3.09. The lowest BCUT2D eigenvalue weighted by Crippen LogP contribution is -2.31. The fourth-order valence-corrected chi connectivity index (χ4v) is 4.55. The molecule has 4 nitrogen and oxygen atoms in total. The van der Waals surface area contributed by atoms with Crippen molar-refractivity contribution in [2.24, 2.45) is 17.8 Å². The Balaban J connectivity index is 2.15. The van der Waals surface area contributed by atoms with E-state index < -0.39 is 23.8 Å². The van der Waals surface area contributed by atoms with Gasteiger partial charge in [-0.2, -0.15) is 0 Å². The van der Waals surface area contributed by atoms with E-state index in [0.717, 1.165) is 24.7 Å². The monoisotopic (exact) mass is 394 g/mol. The Labute approximate surface area is 171 Å². The summed E-state index contributed by atoms with van der Waals surface area (Å²) in [5, 5.41) is 18.8. The number of rotatable bonds is 15. The third-order valence-electron chi connectivity index (χ3n) is 6.42. The first kappa shape index (κ1) is 24.9. The summed E-state index contributed by atoms with van der Waals surface area (Å²) in [7, 11) is 0. The zero-order chi connectivity index (χ0) is 20.9. The molecule has 0 aromatic carbocycles. The number of aliphatic carboxylic acids is 1. The van der Waals surface area contributed by atoms with Gasteiger partial charge >= 0.3 is 5.97 Å². The standard InChI is InChI=1S/C24H42O4/c1-18(2)12-8-6-4-5-7-9-13-20-14-10-15-21(20)16-11-17-22(25)19(3)23(26)24(27)28/h12,19-22,25H,4-11,13-17H2,1-3H3,(H,27,28)/t19?,20-,21+,22?/m0/s1. The van der Waals surface area contributed by atoms with Crippen molar-refractivity contribution < 1.29 is 19.8 Å². The fraction of sp³-hybridized carbons (Fsp3) is 0.833. The number of hydrogen-bond acceptors (Lipinski definition) is 3. The van der Waals surface area contributed by atoms with Gasteiger partial charge < -0.3 is 10.2 Å². The van der Waals surface area contributed by atoms with E-state index in [9.17, 15) is 14.7 Å². The predicted octanol–water partition coefficient (Wildman–Crippen LogP) is 5.92. The second-order valence-corrected chi connectivity index (χ2v) is 9.03. The highest BCUT2D eigenvalue weighted by atomic mass is 16.4. The molecule has 1 aliphatic rings. The van der Waals surface area contributed by atoms with Crippen LogP contribution in [-0.2, 0) is 9.59 Å². The van der Waals surface area contributed by atoms with Crippen LogP contribution in [0.3, 0.4) is 0 Å².